The number of hydroxylamine groups is 4. The molecule has 0 unspecified atom stereocenters. The Bertz CT molecular complexity index is 1560. The summed E-state index contributed by atoms with van der Waals surface area (Å²) < 4.78 is 11.6. The molecule has 346 valence electrons. The molecule has 4 rings (SSSR count). The summed E-state index contributed by atoms with van der Waals surface area (Å²) in [4.78, 5) is 34.8. The number of piperidine rings is 2. The van der Waals surface area contributed by atoms with Gasteiger partial charge in [0.25, 0.3) is 0 Å². The summed E-state index contributed by atoms with van der Waals surface area (Å²) >= 11 is 23.5. The van der Waals surface area contributed by atoms with E-state index in [-0.39, 0.29) is 35.2 Å². The lowest BCUT2D eigenvalue weighted by atomic mass is 9.80. The second-order valence-electron chi connectivity index (χ2n) is 18.8. The van der Waals surface area contributed by atoms with Gasteiger partial charge < -0.3 is 29.3 Å². The molecule has 0 aromatic heterocycles. The molecule has 2 heterocycles. The molecule has 14 heteroatoms. The third-order valence-corrected chi connectivity index (χ3v) is 12.3. The zero-order valence-corrected chi connectivity index (χ0v) is 41.3. The van der Waals surface area contributed by atoms with Crippen LogP contribution in [0.1, 0.15) is 118 Å². The summed E-state index contributed by atoms with van der Waals surface area (Å²) in [5.74, 6) is 1.98. The molecule has 2 saturated heterocycles. The number of rotatable bonds is 21. The number of nitrogens with zero attached hydrogens (tertiary/aromatic N) is 4. The SMILES string of the molecule is CC1(C)CC(OC(=O)CCCc2ccc(N(CCCl)CCCl)cc2)CC(C)(C)N1O.CON1C(C)(C)CC(OC(=O)CCCc2ccc(N(CCCl)CCCl)cc2)CC1(C)C. The van der Waals surface area contributed by atoms with Crippen LogP contribution in [0.5, 0.6) is 0 Å². The minimum atomic E-state index is -0.421. The van der Waals surface area contributed by atoms with Crippen LogP contribution in [-0.2, 0) is 36.7 Å². The van der Waals surface area contributed by atoms with E-state index in [1.807, 2.05) is 32.8 Å². The highest BCUT2D eigenvalue weighted by Gasteiger charge is 2.48. The molecule has 0 bridgehead atoms. The summed E-state index contributed by atoms with van der Waals surface area (Å²) in [5.41, 5.74) is 3.42. The van der Waals surface area contributed by atoms with Crippen LogP contribution in [0, 0.1) is 0 Å². The van der Waals surface area contributed by atoms with Gasteiger partial charge in [-0.05, 0) is 116 Å². The third kappa shape index (κ3) is 16.8. The number of carbonyl (C=O) groups excluding carboxylic acids is 2. The zero-order chi connectivity index (χ0) is 45.4. The van der Waals surface area contributed by atoms with Gasteiger partial charge in [-0.15, -0.1) is 46.4 Å². The first kappa shape index (κ1) is 53.3. The first-order valence-electron chi connectivity index (χ1n) is 21.9. The van der Waals surface area contributed by atoms with Crippen molar-refractivity contribution in [1.82, 2.24) is 10.1 Å². The summed E-state index contributed by atoms with van der Waals surface area (Å²) in [5, 5.41) is 13.8. The van der Waals surface area contributed by atoms with Crippen molar-refractivity contribution in [2.24, 2.45) is 0 Å². The van der Waals surface area contributed by atoms with Crippen LogP contribution in [0.3, 0.4) is 0 Å². The van der Waals surface area contributed by atoms with Crippen LogP contribution < -0.4 is 9.80 Å². The highest BCUT2D eigenvalue weighted by atomic mass is 35.5. The number of hydrogen-bond donors (Lipinski definition) is 1. The van der Waals surface area contributed by atoms with Gasteiger partial charge in [0.2, 0.25) is 0 Å². The van der Waals surface area contributed by atoms with Crippen LogP contribution in [0.25, 0.3) is 0 Å². The van der Waals surface area contributed by atoms with Gasteiger partial charge in [0.05, 0.1) is 7.11 Å². The first-order valence-corrected chi connectivity index (χ1v) is 24.0. The number of esters is 2. The van der Waals surface area contributed by atoms with E-state index in [0.29, 0.717) is 49.2 Å². The lowest BCUT2D eigenvalue weighted by molar-refractivity contribution is -0.278. The van der Waals surface area contributed by atoms with Gasteiger partial charge in [-0.25, -0.2) is 0 Å². The standard InChI is InChI=1S/C24H38Cl2N2O3.C23H36Cl2N2O3/c1-23(2)17-21(18-24(3,4)28(23)30-5)31-22(29)8-6-7-19-9-11-20(12-10-19)27(15-13-25)16-14-26;1-22(2)16-20(17-23(3,4)27(22)29)30-21(28)7-5-6-18-8-10-19(11-9-18)26(14-12-24)15-13-25/h9-12,21H,6-8,13-18H2,1-5H3;8-11,20,29H,5-7,12-17H2,1-4H3. The van der Waals surface area contributed by atoms with E-state index in [1.54, 1.807) is 7.11 Å². The molecule has 61 heavy (non-hydrogen) atoms. The molecule has 0 atom stereocenters. The van der Waals surface area contributed by atoms with Crippen molar-refractivity contribution >= 4 is 69.7 Å². The summed E-state index contributed by atoms with van der Waals surface area (Å²) in [6.45, 7) is 19.5. The first-order chi connectivity index (χ1) is 28.7. The van der Waals surface area contributed by atoms with Crippen molar-refractivity contribution in [3.8, 4) is 0 Å². The van der Waals surface area contributed by atoms with Gasteiger partial charge in [0.1, 0.15) is 12.2 Å². The van der Waals surface area contributed by atoms with E-state index in [9.17, 15) is 14.8 Å². The summed E-state index contributed by atoms with van der Waals surface area (Å²) in [7, 11) is 1.70. The van der Waals surface area contributed by atoms with Gasteiger partial charge in [0.15, 0.2) is 0 Å². The van der Waals surface area contributed by atoms with Crippen LogP contribution in [0.4, 0.5) is 11.4 Å². The van der Waals surface area contributed by atoms with Crippen molar-refractivity contribution < 1.29 is 29.1 Å². The van der Waals surface area contributed by atoms with Crippen LogP contribution in [0.2, 0.25) is 0 Å². The Hall–Kier alpha value is -2.02. The number of hydrogen-bond acceptors (Lipinski definition) is 10. The Morgan fingerprint density at radius 3 is 1.20 bits per heavy atom. The minimum Gasteiger partial charge on any atom is -0.462 e. The van der Waals surface area contributed by atoms with Crippen molar-refractivity contribution in [3.05, 3.63) is 59.7 Å². The highest BCUT2D eigenvalue weighted by molar-refractivity contribution is 6.19. The fourth-order valence-electron chi connectivity index (χ4n) is 9.27. The predicted octanol–water partition coefficient (Wildman–Crippen LogP) is 10.7. The molecule has 0 radical (unpaired) electrons. The minimum absolute atomic E-state index is 0.0852. The van der Waals surface area contributed by atoms with Gasteiger partial charge in [-0.1, -0.05) is 24.3 Å². The van der Waals surface area contributed by atoms with Gasteiger partial charge in [-0.3, -0.25) is 9.59 Å². The maximum atomic E-state index is 12.5. The molecule has 2 aromatic carbocycles. The molecule has 2 fully saturated rings. The van der Waals surface area contributed by atoms with Gasteiger partial charge in [-0.2, -0.15) is 10.1 Å². The molecule has 0 spiro atoms. The van der Waals surface area contributed by atoms with Gasteiger partial charge >= 0.3 is 11.9 Å². The number of carbonyl (C=O) groups is 2. The summed E-state index contributed by atoms with van der Waals surface area (Å²) in [6.07, 6.45) is 6.54. The Kier molecular flexibility index (Phi) is 21.7. The molecule has 0 amide bonds. The van der Waals surface area contributed by atoms with Gasteiger partial charge in [0, 0.05) is 122 Å². The Labute approximate surface area is 387 Å². The lowest BCUT2D eigenvalue weighted by Crippen LogP contribution is -2.61. The van der Waals surface area contributed by atoms with Crippen molar-refractivity contribution in [2.75, 3.05) is 66.6 Å². The fraction of sp³-hybridized carbons (Fsp3) is 0.702. The smallest absolute Gasteiger partial charge is 0.306 e. The average molecular weight is 933 g/mol. The maximum absolute atomic E-state index is 12.5. The number of alkyl halides is 4. The monoisotopic (exact) mass is 930 g/mol. The number of benzene rings is 2. The highest BCUT2D eigenvalue weighted by Crippen LogP contribution is 2.40. The largest absolute Gasteiger partial charge is 0.462 e. The van der Waals surface area contributed by atoms with E-state index >= 15 is 0 Å². The number of ether oxygens (including phenoxy) is 2. The maximum Gasteiger partial charge on any atom is 0.306 e. The van der Waals surface area contributed by atoms with Crippen molar-refractivity contribution in [2.45, 2.75) is 154 Å². The molecule has 2 aromatic rings. The van der Waals surface area contributed by atoms with Crippen molar-refractivity contribution in [1.29, 1.82) is 0 Å². The van der Waals surface area contributed by atoms with E-state index in [2.05, 4.69) is 86.0 Å². The molecule has 0 saturated carbocycles. The van der Waals surface area contributed by atoms with E-state index < -0.39 is 11.1 Å². The third-order valence-electron chi connectivity index (χ3n) is 11.6. The number of aryl methyl sites for hydroxylation is 2. The molecular weight excluding hydrogens is 858 g/mol. The normalized spacial score (nSPS) is 18.8. The number of anilines is 2. The second kappa shape index (κ2) is 24.9. The van der Waals surface area contributed by atoms with E-state index in [0.717, 1.165) is 76.1 Å². The second-order valence-corrected chi connectivity index (χ2v) is 20.4. The number of halogens is 4. The average Bonchev–Trinajstić information content (AvgIpc) is 3.16. The topological polar surface area (TPSA) is 95.0 Å². The zero-order valence-electron chi connectivity index (χ0n) is 38.3. The fourth-order valence-corrected chi connectivity index (χ4v) is 10.1. The van der Waals surface area contributed by atoms with Crippen LogP contribution >= 0.6 is 46.4 Å². The Balaban J connectivity index is 0.000000325. The quantitative estimate of drug-likeness (QED) is 0.0963. The molecule has 2 aliphatic heterocycles. The molecule has 1 N–H and O–H groups in total. The van der Waals surface area contributed by atoms with Crippen molar-refractivity contribution in [3.63, 3.8) is 0 Å². The molecule has 2 aliphatic rings. The Morgan fingerprint density at radius 2 is 0.902 bits per heavy atom. The molecule has 10 nitrogen and oxygen atoms in total. The van der Waals surface area contributed by atoms with E-state index in [4.69, 9.17) is 60.7 Å². The summed E-state index contributed by atoms with van der Waals surface area (Å²) in [6, 6.07) is 16.8. The predicted molar refractivity (Wildman–Crippen MR) is 253 cm³/mol. The van der Waals surface area contributed by atoms with Crippen LogP contribution in [-0.4, -0.2) is 118 Å². The molecular formula is C47H74Cl4N4O6. The Morgan fingerprint density at radius 1 is 0.590 bits per heavy atom. The lowest BCUT2D eigenvalue weighted by Gasteiger charge is -2.52. The van der Waals surface area contributed by atoms with E-state index in [1.165, 1.54) is 16.2 Å². The van der Waals surface area contributed by atoms with Crippen LogP contribution in [0.15, 0.2) is 48.5 Å². The molecule has 0 aliphatic carbocycles.